The van der Waals surface area contributed by atoms with E-state index in [0.29, 0.717) is 0 Å². The van der Waals surface area contributed by atoms with Gasteiger partial charge in [0.1, 0.15) is 0 Å². The summed E-state index contributed by atoms with van der Waals surface area (Å²) in [7, 11) is 0. The van der Waals surface area contributed by atoms with Crippen molar-refractivity contribution in [3.8, 4) is 0 Å². The Morgan fingerprint density at radius 1 is 1.06 bits per heavy atom. The highest BCUT2D eigenvalue weighted by Gasteiger charge is 2.01. The van der Waals surface area contributed by atoms with Gasteiger partial charge in [-0.3, -0.25) is 0 Å². The van der Waals surface area contributed by atoms with Crippen LogP contribution in [0.4, 0.5) is 0 Å². The molecule has 0 radical (unpaired) electrons. The van der Waals surface area contributed by atoms with Crippen molar-refractivity contribution in [1.29, 1.82) is 0 Å². The summed E-state index contributed by atoms with van der Waals surface area (Å²) in [5.41, 5.74) is 2.18. The fourth-order valence-electron chi connectivity index (χ4n) is 1.54. The summed E-state index contributed by atoms with van der Waals surface area (Å²) in [5, 5.41) is 9.04. The van der Waals surface area contributed by atoms with Crippen molar-refractivity contribution in [3.63, 3.8) is 0 Å². The van der Waals surface area contributed by atoms with Gasteiger partial charge in [0.05, 0.1) is 6.61 Å². The van der Waals surface area contributed by atoms with E-state index in [4.69, 9.17) is 5.11 Å². The predicted octanol–water partition coefficient (Wildman–Crippen LogP) is 3.64. The van der Waals surface area contributed by atoms with E-state index in [1.807, 2.05) is 30.3 Å². The average molecular weight is 230 g/mol. The topological polar surface area (TPSA) is 20.2 Å². The highest BCUT2D eigenvalue weighted by molar-refractivity contribution is 7.99. The predicted molar refractivity (Wildman–Crippen MR) is 67.7 cm³/mol. The van der Waals surface area contributed by atoms with E-state index in [2.05, 4.69) is 25.1 Å². The van der Waals surface area contributed by atoms with Crippen LogP contribution in [0.5, 0.6) is 0 Å². The molecule has 0 fully saturated rings. The first-order valence-electron chi connectivity index (χ1n) is 5.23. The molecule has 1 N–H and O–H groups in total. The van der Waals surface area contributed by atoms with E-state index < -0.39 is 0 Å². The fourth-order valence-corrected chi connectivity index (χ4v) is 2.44. The van der Waals surface area contributed by atoms with Gasteiger partial charge in [0.25, 0.3) is 0 Å². The van der Waals surface area contributed by atoms with Crippen LogP contribution >= 0.6 is 11.8 Å². The Morgan fingerprint density at radius 2 is 1.81 bits per heavy atom. The van der Waals surface area contributed by atoms with Crippen LogP contribution in [0.2, 0.25) is 0 Å². The van der Waals surface area contributed by atoms with Gasteiger partial charge in [-0.15, -0.1) is 0 Å². The Kier molecular flexibility index (Phi) is 3.65. The van der Waals surface area contributed by atoms with Crippen molar-refractivity contribution in [2.24, 2.45) is 0 Å². The van der Waals surface area contributed by atoms with Crippen molar-refractivity contribution >= 4 is 11.8 Å². The fraction of sp³-hybridized carbons (Fsp3) is 0.143. The van der Waals surface area contributed by atoms with Crippen molar-refractivity contribution < 1.29 is 5.11 Å². The maximum absolute atomic E-state index is 9.04. The normalized spacial score (nSPS) is 10.4. The van der Waals surface area contributed by atoms with E-state index >= 15 is 0 Å². The molecule has 0 saturated heterocycles. The molecule has 0 spiro atoms. The minimum absolute atomic E-state index is 0.108. The Labute approximate surface area is 100 Å². The van der Waals surface area contributed by atoms with E-state index in [-0.39, 0.29) is 6.61 Å². The van der Waals surface area contributed by atoms with Crippen molar-refractivity contribution in [2.45, 2.75) is 23.3 Å². The highest BCUT2D eigenvalue weighted by Crippen LogP contribution is 2.30. The SMILES string of the molecule is Cc1cc(CO)ccc1Sc1ccccc1. The molecular weight excluding hydrogens is 216 g/mol. The van der Waals surface area contributed by atoms with Crippen LogP contribution in [0, 0.1) is 6.92 Å². The lowest BCUT2D eigenvalue weighted by Gasteiger charge is -2.06. The van der Waals surface area contributed by atoms with Gasteiger partial charge in [-0.2, -0.15) is 0 Å². The van der Waals surface area contributed by atoms with Gasteiger partial charge in [0, 0.05) is 9.79 Å². The lowest BCUT2D eigenvalue weighted by Crippen LogP contribution is -1.86. The monoisotopic (exact) mass is 230 g/mol. The second-order valence-electron chi connectivity index (χ2n) is 3.67. The number of rotatable bonds is 3. The lowest BCUT2D eigenvalue weighted by molar-refractivity contribution is 0.281. The molecule has 0 unspecified atom stereocenters. The summed E-state index contributed by atoms with van der Waals surface area (Å²) in [6.07, 6.45) is 0. The molecule has 0 aliphatic heterocycles. The van der Waals surface area contributed by atoms with Crippen LogP contribution in [0.25, 0.3) is 0 Å². The average Bonchev–Trinajstić information content (AvgIpc) is 2.33. The Morgan fingerprint density at radius 3 is 2.44 bits per heavy atom. The van der Waals surface area contributed by atoms with Crippen LogP contribution in [0.1, 0.15) is 11.1 Å². The minimum Gasteiger partial charge on any atom is -0.392 e. The molecule has 82 valence electrons. The molecular formula is C14H14OS. The summed E-state index contributed by atoms with van der Waals surface area (Å²) in [4.78, 5) is 2.48. The molecule has 0 heterocycles. The van der Waals surface area contributed by atoms with Gasteiger partial charge in [-0.1, -0.05) is 42.1 Å². The van der Waals surface area contributed by atoms with Crippen molar-refractivity contribution in [2.75, 3.05) is 0 Å². The van der Waals surface area contributed by atoms with Crippen LogP contribution in [-0.4, -0.2) is 5.11 Å². The molecule has 0 amide bonds. The number of aliphatic hydroxyl groups is 1. The zero-order chi connectivity index (χ0) is 11.4. The van der Waals surface area contributed by atoms with Gasteiger partial charge >= 0.3 is 0 Å². The van der Waals surface area contributed by atoms with E-state index in [0.717, 1.165) is 5.56 Å². The smallest absolute Gasteiger partial charge is 0.0681 e. The van der Waals surface area contributed by atoms with Crippen LogP contribution in [-0.2, 0) is 6.61 Å². The van der Waals surface area contributed by atoms with Gasteiger partial charge in [0.15, 0.2) is 0 Å². The van der Waals surface area contributed by atoms with Gasteiger partial charge in [-0.25, -0.2) is 0 Å². The maximum Gasteiger partial charge on any atom is 0.0681 e. The van der Waals surface area contributed by atoms with Crippen molar-refractivity contribution in [1.82, 2.24) is 0 Å². The van der Waals surface area contributed by atoms with Crippen molar-refractivity contribution in [3.05, 3.63) is 59.7 Å². The quantitative estimate of drug-likeness (QED) is 0.868. The van der Waals surface area contributed by atoms with Crippen LogP contribution < -0.4 is 0 Å². The number of hydrogen-bond acceptors (Lipinski definition) is 2. The molecule has 2 heteroatoms. The molecule has 2 aromatic carbocycles. The molecule has 0 bridgehead atoms. The lowest BCUT2D eigenvalue weighted by atomic mass is 10.1. The van der Waals surface area contributed by atoms with E-state index in [1.165, 1.54) is 15.4 Å². The Balaban J connectivity index is 2.22. The summed E-state index contributed by atoms with van der Waals surface area (Å²) in [5.74, 6) is 0. The molecule has 2 rings (SSSR count). The zero-order valence-electron chi connectivity index (χ0n) is 9.18. The first kappa shape index (κ1) is 11.2. The van der Waals surface area contributed by atoms with Gasteiger partial charge < -0.3 is 5.11 Å². The van der Waals surface area contributed by atoms with Gasteiger partial charge in [-0.05, 0) is 36.2 Å². The highest BCUT2D eigenvalue weighted by atomic mass is 32.2. The van der Waals surface area contributed by atoms with E-state index in [1.54, 1.807) is 11.8 Å². The Hall–Kier alpha value is -1.25. The summed E-state index contributed by atoms with van der Waals surface area (Å²) >= 11 is 1.75. The van der Waals surface area contributed by atoms with Crippen LogP contribution in [0.3, 0.4) is 0 Å². The molecule has 16 heavy (non-hydrogen) atoms. The summed E-state index contributed by atoms with van der Waals surface area (Å²) in [6.45, 7) is 2.18. The Bertz CT molecular complexity index is 465. The molecule has 0 aliphatic rings. The first-order chi connectivity index (χ1) is 7.79. The number of hydrogen-bond donors (Lipinski definition) is 1. The molecule has 0 saturated carbocycles. The molecule has 0 aliphatic carbocycles. The maximum atomic E-state index is 9.04. The number of benzene rings is 2. The minimum atomic E-state index is 0.108. The molecule has 2 aromatic rings. The number of aliphatic hydroxyl groups excluding tert-OH is 1. The van der Waals surface area contributed by atoms with Crippen LogP contribution in [0.15, 0.2) is 58.3 Å². The third-order valence-corrected chi connectivity index (χ3v) is 3.58. The van der Waals surface area contributed by atoms with E-state index in [9.17, 15) is 0 Å². The standard InChI is InChI=1S/C14H14OS/c1-11-9-12(10-15)7-8-14(11)16-13-5-3-2-4-6-13/h2-9,15H,10H2,1H3. The summed E-state index contributed by atoms with van der Waals surface area (Å²) < 4.78 is 0. The number of aryl methyl sites for hydroxylation is 1. The largest absolute Gasteiger partial charge is 0.392 e. The zero-order valence-corrected chi connectivity index (χ0v) is 10.00. The molecule has 0 aromatic heterocycles. The van der Waals surface area contributed by atoms with Gasteiger partial charge in [0.2, 0.25) is 0 Å². The molecule has 1 nitrogen and oxygen atoms in total. The third-order valence-electron chi connectivity index (χ3n) is 2.39. The molecule has 0 atom stereocenters. The second-order valence-corrected chi connectivity index (χ2v) is 4.79. The third kappa shape index (κ3) is 2.65. The second kappa shape index (κ2) is 5.19. The first-order valence-corrected chi connectivity index (χ1v) is 6.04. The summed E-state index contributed by atoms with van der Waals surface area (Å²) in [6, 6.07) is 16.4.